The van der Waals surface area contributed by atoms with Crippen molar-refractivity contribution in [2.75, 3.05) is 0 Å². The second-order valence-electron chi connectivity index (χ2n) is 6.99. The highest BCUT2D eigenvalue weighted by Gasteiger charge is 2.28. The van der Waals surface area contributed by atoms with Gasteiger partial charge in [0.2, 0.25) is 0 Å². The first kappa shape index (κ1) is 17.9. The van der Waals surface area contributed by atoms with Gasteiger partial charge in [-0.25, -0.2) is 4.39 Å². The fourth-order valence-corrected chi connectivity index (χ4v) is 3.98. The van der Waals surface area contributed by atoms with Gasteiger partial charge in [-0.05, 0) is 56.0 Å². The van der Waals surface area contributed by atoms with Crippen LogP contribution in [0.25, 0.3) is 22.2 Å². The van der Waals surface area contributed by atoms with E-state index in [1.807, 2.05) is 18.2 Å². The maximum absolute atomic E-state index is 13.6. The minimum absolute atomic E-state index is 0.0470. The van der Waals surface area contributed by atoms with Gasteiger partial charge in [-0.1, -0.05) is 17.7 Å². The van der Waals surface area contributed by atoms with E-state index in [9.17, 15) is 14.3 Å². The zero-order chi connectivity index (χ0) is 19.0. The molecule has 2 aromatic heterocycles. The van der Waals surface area contributed by atoms with Crippen molar-refractivity contribution in [2.24, 2.45) is 5.92 Å². The molecule has 0 atom stereocenters. The van der Waals surface area contributed by atoms with Crippen molar-refractivity contribution in [1.29, 1.82) is 0 Å². The summed E-state index contributed by atoms with van der Waals surface area (Å²) in [6, 6.07) is 10.4. The van der Waals surface area contributed by atoms with Crippen LogP contribution in [0.3, 0.4) is 0 Å². The molecule has 0 saturated heterocycles. The van der Waals surface area contributed by atoms with E-state index in [2.05, 4.69) is 4.98 Å². The Morgan fingerprint density at radius 2 is 1.93 bits per heavy atom. The molecule has 0 spiro atoms. The van der Waals surface area contributed by atoms with Crippen LogP contribution < -0.4 is 0 Å². The Kier molecular flexibility index (Phi) is 4.79. The highest BCUT2D eigenvalue weighted by Crippen LogP contribution is 2.38. The topological polar surface area (TPSA) is 63.1 Å². The third kappa shape index (κ3) is 3.52. The number of hydrogen-bond donors (Lipinski definition) is 1. The first-order chi connectivity index (χ1) is 13.0. The van der Waals surface area contributed by atoms with Gasteiger partial charge in [-0.15, -0.1) is 0 Å². The van der Waals surface area contributed by atoms with Crippen molar-refractivity contribution in [3.8, 4) is 11.3 Å². The van der Waals surface area contributed by atoms with Gasteiger partial charge < -0.3 is 5.11 Å². The maximum Gasteiger partial charge on any atom is 0.306 e. The second kappa shape index (κ2) is 7.24. The van der Waals surface area contributed by atoms with Gasteiger partial charge in [-0.3, -0.25) is 14.8 Å². The molecule has 0 radical (unpaired) electrons. The third-order valence-corrected chi connectivity index (χ3v) is 5.58. The van der Waals surface area contributed by atoms with E-state index in [0.29, 0.717) is 24.1 Å². The van der Waals surface area contributed by atoms with Gasteiger partial charge >= 0.3 is 5.97 Å². The summed E-state index contributed by atoms with van der Waals surface area (Å²) in [6.07, 6.45) is 4.60. The van der Waals surface area contributed by atoms with Crippen LogP contribution in [0.2, 0.25) is 5.02 Å². The maximum atomic E-state index is 13.6. The summed E-state index contributed by atoms with van der Waals surface area (Å²) in [4.78, 5) is 20.5. The number of benzene rings is 1. The molecule has 27 heavy (non-hydrogen) atoms. The van der Waals surface area contributed by atoms with Crippen LogP contribution in [0.1, 0.15) is 37.3 Å². The summed E-state index contributed by atoms with van der Waals surface area (Å²) in [7, 11) is 0. The molecule has 1 aliphatic rings. The molecule has 3 aromatic rings. The summed E-state index contributed by atoms with van der Waals surface area (Å²) in [5.41, 5.74) is 3.05. The van der Waals surface area contributed by atoms with Crippen LogP contribution in [0.4, 0.5) is 4.39 Å². The molecular formula is C21H18ClFN2O2. The quantitative estimate of drug-likeness (QED) is 0.652. The Morgan fingerprint density at radius 3 is 2.63 bits per heavy atom. The molecule has 0 amide bonds. The normalized spacial score (nSPS) is 19.9. The summed E-state index contributed by atoms with van der Waals surface area (Å²) < 4.78 is 13.6. The minimum atomic E-state index is -0.717. The predicted molar refractivity (Wildman–Crippen MR) is 102 cm³/mol. The molecule has 0 aliphatic heterocycles. The Labute approximate surface area is 161 Å². The predicted octanol–water partition coefficient (Wildman–Crippen LogP) is 5.45. The Hall–Kier alpha value is -2.53. The summed E-state index contributed by atoms with van der Waals surface area (Å²) >= 11 is 5.97. The lowest BCUT2D eigenvalue weighted by Gasteiger charge is -2.26. The van der Waals surface area contributed by atoms with Gasteiger partial charge in [0.15, 0.2) is 0 Å². The van der Waals surface area contributed by atoms with Crippen molar-refractivity contribution < 1.29 is 14.3 Å². The highest BCUT2D eigenvalue weighted by molar-refractivity contribution is 6.31. The number of rotatable bonds is 3. The van der Waals surface area contributed by atoms with Gasteiger partial charge in [0.05, 0.1) is 22.2 Å². The number of nitrogens with zero attached hydrogens (tertiary/aromatic N) is 2. The van der Waals surface area contributed by atoms with E-state index >= 15 is 0 Å². The Morgan fingerprint density at radius 1 is 1.15 bits per heavy atom. The Balaban J connectivity index is 1.77. The van der Waals surface area contributed by atoms with Gasteiger partial charge in [-0.2, -0.15) is 0 Å². The van der Waals surface area contributed by atoms with E-state index in [1.165, 1.54) is 6.07 Å². The molecule has 4 nitrogen and oxygen atoms in total. The van der Waals surface area contributed by atoms with Gasteiger partial charge in [0, 0.05) is 28.8 Å². The van der Waals surface area contributed by atoms with Crippen molar-refractivity contribution in [3.05, 3.63) is 59.1 Å². The lowest BCUT2D eigenvalue weighted by molar-refractivity contribution is -0.142. The van der Waals surface area contributed by atoms with Crippen molar-refractivity contribution >= 4 is 28.5 Å². The Bertz CT molecular complexity index is 1020. The first-order valence-electron chi connectivity index (χ1n) is 8.97. The molecule has 4 rings (SSSR count). The number of carboxylic acids is 1. The lowest BCUT2D eigenvalue weighted by atomic mass is 9.80. The number of carboxylic acid groups (broad SMARTS) is 1. The number of carbonyl (C=O) groups is 1. The fourth-order valence-electron chi connectivity index (χ4n) is 3.80. The van der Waals surface area contributed by atoms with E-state index in [4.69, 9.17) is 16.6 Å². The number of fused-ring (bicyclic) bond motifs is 1. The molecule has 1 saturated carbocycles. The van der Waals surface area contributed by atoms with Crippen LogP contribution in [0.5, 0.6) is 0 Å². The average molecular weight is 385 g/mol. The molecule has 1 aromatic carbocycles. The molecule has 6 heteroatoms. The standard InChI is InChI=1S/C21H18ClFN2O2/c22-16-10-15(7-8-17(16)23)20-19-14(2-1-9-24-19)11-18(25-20)12-3-5-13(6-4-12)21(26)27/h1-2,7-13H,3-6H2,(H,26,27). The monoisotopic (exact) mass is 384 g/mol. The molecule has 1 fully saturated rings. The average Bonchev–Trinajstić information content (AvgIpc) is 2.69. The second-order valence-corrected chi connectivity index (χ2v) is 7.39. The van der Waals surface area contributed by atoms with E-state index in [1.54, 1.807) is 18.3 Å². The number of aliphatic carboxylic acids is 1. The number of hydrogen-bond acceptors (Lipinski definition) is 3. The van der Waals surface area contributed by atoms with Crippen LogP contribution in [-0.4, -0.2) is 21.0 Å². The zero-order valence-corrected chi connectivity index (χ0v) is 15.3. The SMILES string of the molecule is O=C(O)C1CCC(c2cc3cccnc3c(-c3ccc(F)c(Cl)c3)n2)CC1. The van der Waals surface area contributed by atoms with Crippen molar-refractivity contribution in [2.45, 2.75) is 31.6 Å². The van der Waals surface area contributed by atoms with Crippen LogP contribution in [-0.2, 0) is 4.79 Å². The van der Waals surface area contributed by atoms with E-state index in [-0.39, 0.29) is 16.9 Å². The molecule has 1 aliphatic carbocycles. The van der Waals surface area contributed by atoms with E-state index in [0.717, 1.165) is 29.4 Å². The number of aromatic nitrogens is 2. The van der Waals surface area contributed by atoms with Gasteiger partial charge in [0.25, 0.3) is 0 Å². The van der Waals surface area contributed by atoms with Crippen molar-refractivity contribution in [3.63, 3.8) is 0 Å². The molecule has 1 N–H and O–H groups in total. The molecule has 138 valence electrons. The number of pyridine rings is 2. The minimum Gasteiger partial charge on any atom is -0.481 e. The third-order valence-electron chi connectivity index (χ3n) is 5.30. The zero-order valence-electron chi connectivity index (χ0n) is 14.5. The van der Waals surface area contributed by atoms with E-state index < -0.39 is 11.8 Å². The summed E-state index contributed by atoms with van der Waals surface area (Å²) in [5, 5.41) is 10.2. The summed E-state index contributed by atoms with van der Waals surface area (Å²) in [6.45, 7) is 0. The largest absolute Gasteiger partial charge is 0.481 e. The van der Waals surface area contributed by atoms with Crippen LogP contribution in [0.15, 0.2) is 42.6 Å². The fraction of sp³-hybridized carbons (Fsp3) is 0.286. The highest BCUT2D eigenvalue weighted by atomic mass is 35.5. The molecular weight excluding hydrogens is 367 g/mol. The lowest BCUT2D eigenvalue weighted by Crippen LogP contribution is -2.21. The molecule has 0 unspecified atom stereocenters. The smallest absolute Gasteiger partial charge is 0.306 e. The molecule has 2 heterocycles. The molecule has 0 bridgehead atoms. The van der Waals surface area contributed by atoms with Gasteiger partial charge in [0.1, 0.15) is 5.82 Å². The van der Waals surface area contributed by atoms with Crippen LogP contribution in [0, 0.1) is 11.7 Å². The first-order valence-corrected chi connectivity index (χ1v) is 9.34. The van der Waals surface area contributed by atoms with Crippen molar-refractivity contribution in [1.82, 2.24) is 9.97 Å². The summed E-state index contributed by atoms with van der Waals surface area (Å²) in [5.74, 6) is -1.25. The number of halogens is 2. The van der Waals surface area contributed by atoms with Crippen LogP contribution >= 0.6 is 11.6 Å².